The Balaban J connectivity index is 1.63. The zero-order chi connectivity index (χ0) is 21.1. The van der Waals surface area contributed by atoms with Crippen LogP contribution in [0.4, 0.5) is 23.2 Å². The number of aromatic nitrogens is 2. The number of alkyl halides is 3. The second-order valence-electron chi connectivity index (χ2n) is 7.52. The number of amides is 1. The van der Waals surface area contributed by atoms with Crippen LogP contribution in [0.25, 0.3) is 0 Å². The topological polar surface area (TPSA) is 76.4 Å². The lowest BCUT2D eigenvalue weighted by Gasteiger charge is -2.29. The Morgan fingerprint density at radius 3 is 2.72 bits per heavy atom. The van der Waals surface area contributed by atoms with Crippen molar-refractivity contribution >= 4 is 11.6 Å². The van der Waals surface area contributed by atoms with Gasteiger partial charge in [0.2, 0.25) is 5.91 Å². The van der Waals surface area contributed by atoms with Gasteiger partial charge in [-0.1, -0.05) is 0 Å². The summed E-state index contributed by atoms with van der Waals surface area (Å²) in [6, 6.07) is 2.32. The lowest BCUT2D eigenvalue weighted by atomic mass is 9.74. The van der Waals surface area contributed by atoms with Crippen LogP contribution in [0, 0.1) is 18.7 Å². The summed E-state index contributed by atoms with van der Waals surface area (Å²) in [5, 5.41) is 17.0. The van der Waals surface area contributed by atoms with Gasteiger partial charge in [-0.15, -0.1) is 0 Å². The van der Waals surface area contributed by atoms with E-state index in [0.29, 0.717) is 17.8 Å². The van der Waals surface area contributed by atoms with Gasteiger partial charge >= 0.3 is 6.18 Å². The summed E-state index contributed by atoms with van der Waals surface area (Å²) in [5.41, 5.74) is -0.183. The molecule has 0 saturated carbocycles. The molecule has 10 heteroatoms. The number of hydrogen-bond acceptors (Lipinski definition) is 4. The van der Waals surface area contributed by atoms with Crippen molar-refractivity contribution in [2.75, 3.05) is 5.32 Å². The molecule has 2 aliphatic rings. The first-order valence-corrected chi connectivity index (χ1v) is 9.07. The number of carbonyl (C=O) groups excluding carboxylic acids is 1. The van der Waals surface area contributed by atoms with E-state index in [2.05, 4.69) is 10.4 Å². The SMILES string of the molecule is Cc1nn(C)cc1[C@H]1[C@H]2O[C@H](C[C@@H]2O)[C@@H]1C(=O)Nc1ccc(F)c(C(F)(F)F)c1. The maximum atomic E-state index is 13.5. The van der Waals surface area contributed by atoms with Gasteiger partial charge in [0.05, 0.1) is 35.5 Å². The van der Waals surface area contributed by atoms with Gasteiger partial charge in [-0.2, -0.15) is 18.3 Å². The number of carbonyl (C=O) groups is 1. The Bertz CT molecular complexity index is 959. The number of nitrogens with zero attached hydrogens (tertiary/aromatic N) is 2. The molecular weight excluding hydrogens is 394 g/mol. The number of halogens is 4. The van der Waals surface area contributed by atoms with Crippen LogP contribution in [0.1, 0.15) is 29.2 Å². The van der Waals surface area contributed by atoms with Crippen molar-refractivity contribution < 1.29 is 32.2 Å². The standard InChI is InChI=1S/C19H19F4N3O3/c1-8-10(7-26(2)25-8)15-16(14-6-13(27)17(15)29-14)18(28)24-9-3-4-12(20)11(5-9)19(21,22)23/h3-5,7,13-17,27H,6H2,1-2H3,(H,24,28)/t13-,14+,15+,16-,17-/m0/s1. The summed E-state index contributed by atoms with van der Waals surface area (Å²) in [5.74, 6) is -3.16. The van der Waals surface area contributed by atoms with Gasteiger partial charge in [0.15, 0.2) is 0 Å². The number of aryl methyl sites for hydroxylation is 2. The van der Waals surface area contributed by atoms with Crippen LogP contribution in [-0.4, -0.2) is 39.1 Å². The van der Waals surface area contributed by atoms with E-state index in [1.807, 2.05) is 0 Å². The van der Waals surface area contributed by atoms with Crippen LogP contribution in [0.15, 0.2) is 24.4 Å². The van der Waals surface area contributed by atoms with Gasteiger partial charge in [0.25, 0.3) is 0 Å². The molecule has 4 rings (SSSR count). The second-order valence-corrected chi connectivity index (χ2v) is 7.52. The van der Waals surface area contributed by atoms with E-state index in [1.54, 1.807) is 24.9 Å². The van der Waals surface area contributed by atoms with Gasteiger partial charge in [0, 0.05) is 31.3 Å². The molecule has 2 N–H and O–H groups in total. The molecule has 1 amide bonds. The number of aliphatic hydroxyl groups is 1. The van der Waals surface area contributed by atoms with E-state index < -0.39 is 53.6 Å². The summed E-state index contributed by atoms with van der Waals surface area (Å²) in [4.78, 5) is 13.0. The van der Waals surface area contributed by atoms with Gasteiger partial charge in [-0.25, -0.2) is 4.39 Å². The van der Waals surface area contributed by atoms with Crippen molar-refractivity contribution in [2.24, 2.45) is 13.0 Å². The van der Waals surface area contributed by atoms with E-state index in [-0.39, 0.29) is 12.1 Å². The van der Waals surface area contributed by atoms with Crippen molar-refractivity contribution in [3.8, 4) is 0 Å². The third-order valence-corrected chi connectivity index (χ3v) is 5.58. The summed E-state index contributed by atoms with van der Waals surface area (Å²) in [7, 11) is 1.73. The molecule has 2 aliphatic heterocycles. The second kappa shape index (κ2) is 6.81. The Kier molecular flexibility index (Phi) is 4.66. The van der Waals surface area contributed by atoms with Crippen LogP contribution < -0.4 is 5.32 Å². The molecule has 1 aromatic heterocycles. The van der Waals surface area contributed by atoms with Gasteiger partial charge in [0.1, 0.15) is 5.82 Å². The zero-order valence-corrected chi connectivity index (χ0v) is 15.6. The Hall–Kier alpha value is -2.46. The van der Waals surface area contributed by atoms with E-state index >= 15 is 0 Å². The number of fused-ring (bicyclic) bond motifs is 2. The summed E-state index contributed by atoms with van der Waals surface area (Å²) >= 11 is 0. The maximum Gasteiger partial charge on any atom is 0.419 e. The van der Waals surface area contributed by atoms with Crippen LogP contribution >= 0.6 is 0 Å². The van der Waals surface area contributed by atoms with Gasteiger partial charge < -0.3 is 15.2 Å². The van der Waals surface area contributed by atoms with Crippen molar-refractivity contribution in [3.63, 3.8) is 0 Å². The molecule has 0 unspecified atom stereocenters. The largest absolute Gasteiger partial charge is 0.419 e. The third-order valence-electron chi connectivity index (χ3n) is 5.58. The lowest BCUT2D eigenvalue weighted by molar-refractivity contribution is -0.140. The van der Waals surface area contributed by atoms with Crippen molar-refractivity contribution in [1.82, 2.24) is 9.78 Å². The number of nitrogens with one attached hydrogen (secondary N) is 1. The van der Waals surface area contributed by atoms with Gasteiger partial charge in [-0.3, -0.25) is 9.48 Å². The van der Waals surface area contributed by atoms with E-state index in [4.69, 9.17) is 4.74 Å². The molecule has 0 aliphatic carbocycles. The van der Waals surface area contributed by atoms with Crippen LogP contribution in [0.3, 0.4) is 0 Å². The van der Waals surface area contributed by atoms with Crippen molar-refractivity contribution in [2.45, 2.75) is 43.8 Å². The van der Waals surface area contributed by atoms with Gasteiger partial charge in [-0.05, 0) is 30.7 Å². The number of anilines is 1. The Morgan fingerprint density at radius 1 is 1.38 bits per heavy atom. The summed E-state index contributed by atoms with van der Waals surface area (Å²) < 4.78 is 59.8. The highest BCUT2D eigenvalue weighted by Crippen LogP contribution is 2.50. The van der Waals surface area contributed by atoms with Crippen LogP contribution in [0.2, 0.25) is 0 Å². The van der Waals surface area contributed by atoms with E-state index in [0.717, 1.165) is 11.6 Å². The highest BCUT2D eigenvalue weighted by molar-refractivity contribution is 5.94. The molecule has 5 atom stereocenters. The molecule has 6 nitrogen and oxygen atoms in total. The molecule has 2 aromatic rings. The number of aliphatic hydroxyl groups excluding tert-OH is 1. The van der Waals surface area contributed by atoms with E-state index in [9.17, 15) is 27.5 Å². The number of benzene rings is 1. The highest BCUT2D eigenvalue weighted by atomic mass is 19.4. The quantitative estimate of drug-likeness (QED) is 0.759. The molecule has 3 heterocycles. The van der Waals surface area contributed by atoms with Crippen molar-refractivity contribution in [3.05, 3.63) is 47.0 Å². The fourth-order valence-electron chi connectivity index (χ4n) is 4.40. The van der Waals surface area contributed by atoms with Crippen LogP contribution in [-0.2, 0) is 22.8 Å². The summed E-state index contributed by atoms with van der Waals surface area (Å²) in [6.45, 7) is 1.78. The molecule has 0 radical (unpaired) electrons. The maximum absolute atomic E-state index is 13.5. The first-order chi connectivity index (χ1) is 13.6. The summed E-state index contributed by atoms with van der Waals surface area (Å²) in [6.07, 6.45) is -4.78. The number of rotatable bonds is 3. The molecule has 156 valence electrons. The van der Waals surface area contributed by atoms with Crippen LogP contribution in [0.5, 0.6) is 0 Å². The fourth-order valence-corrected chi connectivity index (χ4v) is 4.40. The fraction of sp³-hybridized carbons (Fsp3) is 0.474. The molecule has 1 aromatic carbocycles. The Morgan fingerprint density at radius 2 is 2.10 bits per heavy atom. The average molecular weight is 413 g/mol. The lowest BCUT2D eigenvalue weighted by Crippen LogP contribution is -2.41. The minimum atomic E-state index is -4.88. The highest BCUT2D eigenvalue weighted by Gasteiger charge is 2.57. The molecule has 2 fully saturated rings. The predicted molar refractivity (Wildman–Crippen MR) is 93.5 cm³/mol. The third kappa shape index (κ3) is 3.40. The Labute approximate surface area is 163 Å². The zero-order valence-electron chi connectivity index (χ0n) is 15.6. The first-order valence-electron chi connectivity index (χ1n) is 9.07. The average Bonchev–Trinajstić information content (AvgIpc) is 3.26. The number of hydrogen-bond donors (Lipinski definition) is 2. The molecule has 29 heavy (non-hydrogen) atoms. The smallest absolute Gasteiger partial charge is 0.390 e. The molecule has 2 saturated heterocycles. The monoisotopic (exact) mass is 413 g/mol. The molecule has 2 bridgehead atoms. The minimum absolute atomic E-state index is 0.159. The predicted octanol–water partition coefficient (Wildman–Crippen LogP) is 2.76. The number of ether oxygens (including phenoxy) is 1. The minimum Gasteiger partial charge on any atom is -0.390 e. The van der Waals surface area contributed by atoms with Crippen molar-refractivity contribution in [1.29, 1.82) is 0 Å². The normalized spacial score (nSPS) is 28.7. The van der Waals surface area contributed by atoms with E-state index in [1.165, 1.54) is 0 Å². The molecular formula is C19H19F4N3O3. The first kappa shape index (κ1) is 19.8. The molecule has 0 spiro atoms.